The Hall–Kier alpha value is -0.610. The predicted octanol–water partition coefficient (Wildman–Crippen LogP) is 2.25. The van der Waals surface area contributed by atoms with Crippen molar-refractivity contribution in [3.8, 4) is 0 Å². The van der Waals surface area contributed by atoms with E-state index in [0.717, 1.165) is 13.1 Å². The van der Waals surface area contributed by atoms with Crippen LogP contribution >= 0.6 is 11.3 Å². The summed E-state index contributed by atoms with van der Waals surface area (Å²) in [6, 6.07) is 0. The standard InChI is InChI=1S/C10H19N3S/c1-10(2,3)4-5-12-6-8-7-13-9(11)14-8/h7,12H,4-6H2,1-3H3,(H2,11,13). The van der Waals surface area contributed by atoms with E-state index in [9.17, 15) is 0 Å². The predicted molar refractivity (Wildman–Crippen MR) is 62.3 cm³/mol. The van der Waals surface area contributed by atoms with E-state index in [1.54, 1.807) is 11.3 Å². The minimum Gasteiger partial charge on any atom is -0.375 e. The highest BCUT2D eigenvalue weighted by atomic mass is 32.1. The minimum atomic E-state index is 0.403. The van der Waals surface area contributed by atoms with E-state index in [1.165, 1.54) is 11.3 Å². The van der Waals surface area contributed by atoms with Gasteiger partial charge in [-0.2, -0.15) is 0 Å². The molecule has 0 radical (unpaired) electrons. The first-order valence-electron chi connectivity index (χ1n) is 4.88. The second-order valence-corrected chi connectivity index (χ2v) is 5.80. The summed E-state index contributed by atoms with van der Waals surface area (Å²) < 4.78 is 0. The third kappa shape index (κ3) is 4.58. The van der Waals surface area contributed by atoms with Crippen LogP contribution in [0.5, 0.6) is 0 Å². The number of hydrogen-bond acceptors (Lipinski definition) is 4. The van der Waals surface area contributed by atoms with E-state index in [-0.39, 0.29) is 0 Å². The molecule has 3 N–H and O–H groups in total. The largest absolute Gasteiger partial charge is 0.375 e. The molecule has 0 saturated carbocycles. The molecular weight excluding hydrogens is 194 g/mol. The molecule has 0 aliphatic rings. The summed E-state index contributed by atoms with van der Waals surface area (Å²) >= 11 is 1.55. The second kappa shape index (κ2) is 4.75. The van der Waals surface area contributed by atoms with Gasteiger partial charge in [-0.3, -0.25) is 0 Å². The van der Waals surface area contributed by atoms with Gasteiger partial charge < -0.3 is 11.1 Å². The molecule has 1 aromatic heterocycles. The molecule has 0 amide bonds. The Morgan fingerprint density at radius 2 is 2.21 bits per heavy atom. The van der Waals surface area contributed by atoms with Crippen molar-refractivity contribution in [1.29, 1.82) is 0 Å². The van der Waals surface area contributed by atoms with Gasteiger partial charge >= 0.3 is 0 Å². The van der Waals surface area contributed by atoms with E-state index < -0.39 is 0 Å². The number of rotatable bonds is 4. The fraction of sp³-hybridized carbons (Fsp3) is 0.700. The van der Waals surface area contributed by atoms with Crippen molar-refractivity contribution < 1.29 is 0 Å². The first-order valence-corrected chi connectivity index (χ1v) is 5.70. The van der Waals surface area contributed by atoms with Crippen LogP contribution in [0.2, 0.25) is 0 Å². The van der Waals surface area contributed by atoms with Crippen LogP contribution < -0.4 is 11.1 Å². The van der Waals surface area contributed by atoms with Crippen molar-refractivity contribution in [2.75, 3.05) is 12.3 Å². The molecule has 14 heavy (non-hydrogen) atoms. The molecule has 0 saturated heterocycles. The zero-order valence-electron chi connectivity index (χ0n) is 9.13. The van der Waals surface area contributed by atoms with Crippen molar-refractivity contribution in [3.05, 3.63) is 11.1 Å². The van der Waals surface area contributed by atoms with Gasteiger partial charge in [0.05, 0.1) is 0 Å². The van der Waals surface area contributed by atoms with Crippen LogP contribution in [0.3, 0.4) is 0 Å². The Bertz CT molecular complexity index is 275. The zero-order chi connectivity index (χ0) is 10.6. The molecule has 80 valence electrons. The lowest BCUT2D eigenvalue weighted by molar-refractivity contribution is 0.367. The maximum atomic E-state index is 5.53. The van der Waals surface area contributed by atoms with Crippen LogP contribution in [0.1, 0.15) is 32.1 Å². The van der Waals surface area contributed by atoms with Crippen LogP contribution in [0.25, 0.3) is 0 Å². The van der Waals surface area contributed by atoms with Crippen LogP contribution in [0.15, 0.2) is 6.20 Å². The van der Waals surface area contributed by atoms with Crippen molar-refractivity contribution in [3.63, 3.8) is 0 Å². The molecule has 0 spiro atoms. The van der Waals surface area contributed by atoms with Crippen LogP contribution in [0.4, 0.5) is 5.13 Å². The van der Waals surface area contributed by atoms with Gasteiger partial charge in [0.2, 0.25) is 0 Å². The highest BCUT2D eigenvalue weighted by Crippen LogP contribution is 2.17. The van der Waals surface area contributed by atoms with Crippen molar-refractivity contribution in [2.45, 2.75) is 33.7 Å². The maximum absolute atomic E-state index is 5.53. The molecule has 1 aromatic rings. The van der Waals surface area contributed by atoms with E-state index in [2.05, 4.69) is 31.1 Å². The summed E-state index contributed by atoms with van der Waals surface area (Å²) in [6.45, 7) is 8.67. The summed E-state index contributed by atoms with van der Waals surface area (Å²) in [6.07, 6.45) is 3.02. The summed E-state index contributed by atoms with van der Waals surface area (Å²) in [5.74, 6) is 0. The zero-order valence-corrected chi connectivity index (χ0v) is 9.95. The van der Waals surface area contributed by atoms with Gasteiger partial charge in [0.25, 0.3) is 0 Å². The Kier molecular flexibility index (Phi) is 3.89. The number of nitrogens with two attached hydrogens (primary N) is 1. The smallest absolute Gasteiger partial charge is 0.180 e. The lowest BCUT2D eigenvalue weighted by Gasteiger charge is -2.17. The molecule has 0 fully saturated rings. The Morgan fingerprint density at radius 1 is 1.50 bits per heavy atom. The number of nitrogens with one attached hydrogen (secondary N) is 1. The number of nitrogens with zero attached hydrogens (tertiary/aromatic N) is 1. The summed E-state index contributed by atoms with van der Waals surface area (Å²) in [5.41, 5.74) is 5.93. The van der Waals surface area contributed by atoms with Gasteiger partial charge in [-0.1, -0.05) is 20.8 Å². The number of thiazole rings is 1. The Balaban J connectivity index is 2.16. The molecule has 0 bridgehead atoms. The fourth-order valence-electron chi connectivity index (χ4n) is 1.08. The Labute approximate surface area is 89.7 Å². The molecule has 0 atom stereocenters. The monoisotopic (exact) mass is 213 g/mol. The maximum Gasteiger partial charge on any atom is 0.180 e. The molecule has 1 heterocycles. The van der Waals surface area contributed by atoms with Crippen molar-refractivity contribution >= 4 is 16.5 Å². The van der Waals surface area contributed by atoms with Gasteiger partial charge in [0.15, 0.2) is 5.13 Å². The molecular formula is C10H19N3S. The van der Waals surface area contributed by atoms with Crippen LogP contribution in [-0.2, 0) is 6.54 Å². The average Bonchev–Trinajstić information content (AvgIpc) is 2.44. The van der Waals surface area contributed by atoms with Crippen LogP contribution in [0, 0.1) is 5.41 Å². The lowest BCUT2D eigenvalue weighted by atomic mass is 9.92. The van der Waals surface area contributed by atoms with E-state index in [1.807, 2.05) is 6.20 Å². The summed E-state index contributed by atoms with van der Waals surface area (Å²) in [4.78, 5) is 5.21. The fourth-order valence-corrected chi connectivity index (χ4v) is 1.73. The van der Waals surface area contributed by atoms with Crippen molar-refractivity contribution in [2.24, 2.45) is 5.41 Å². The van der Waals surface area contributed by atoms with Gasteiger partial charge in [-0.15, -0.1) is 11.3 Å². The average molecular weight is 213 g/mol. The van der Waals surface area contributed by atoms with E-state index in [4.69, 9.17) is 5.73 Å². The second-order valence-electron chi connectivity index (χ2n) is 4.65. The first kappa shape index (κ1) is 11.5. The molecule has 4 heteroatoms. The van der Waals surface area contributed by atoms with E-state index >= 15 is 0 Å². The molecule has 0 aliphatic carbocycles. The third-order valence-electron chi connectivity index (χ3n) is 1.92. The van der Waals surface area contributed by atoms with Gasteiger partial charge in [-0.05, 0) is 18.4 Å². The number of aromatic nitrogens is 1. The highest BCUT2D eigenvalue weighted by molar-refractivity contribution is 7.15. The highest BCUT2D eigenvalue weighted by Gasteiger charge is 2.08. The Morgan fingerprint density at radius 3 is 2.71 bits per heavy atom. The number of nitrogen functional groups attached to an aromatic ring is 1. The molecule has 3 nitrogen and oxygen atoms in total. The third-order valence-corrected chi connectivity index (χ3v) is 2.75. The lowest BCUT2D eigenvalue weighted by Crippen LogP contribution is -2.19. The molecule has 0 unspecified atom stereocenters. The van der Waals surface area contributed by atoms with E-state index in [0.29, 0.717) is 10.5 Å². The number of anilines is 1. The summed E-state index contributed by atoms with van der Waals surface area (Å²) in [5, 5.41) is 4.04. The van der Waals surface area contributed by atoms with Gasteiger partial charge in [0, 0.05) is 17.6 Å². The molecule has 0 aliphatic heterocycles. The molecule has 0 aromatic carbocycles. The SMILES string of the molecule is CC(C)(C)CCNCc1cnc(N)s1. The van der Waals surface area contributed by atoms with Crippen LogP contribution in [-0.4, -0.2) is 11.5 Å². The van der Waals surface area contributed by atoms with Gasteiger partial charge in [0.1, 0.15) is 0 Å². The van der Waals surface area contributed by atoms with Gasteiger partial charge in [-0.25, -0.2) is 4.98 Å². The van der Waals surface area contributed by atoms with Crippen molar-refractivity contribution in [1.82, 2.24) is 10.3 Å². The quantitative estimate of drug-likeness (QED) is 0.754. The molecule has 1 rings (SSSR count). The normalized spacial score (nSPS) is 11.9. The minimum absolute atomic E-state index is 0.403. The topological polar surface area (TPSA) is 50.9 Å². The first-order chi connectivity index (χ1) is 6.47. The number of hydrogen-bond donors (Lipinski definition) is 2. The summed E-state index contributed by atoms with van der Waals surface area (Å²) in [7, 11) is 0.